The highest BCUT2D eigenvalue weighted by atomic mass is 15.1. The highest BCUT2D eigenvalue weighted by Gasteiger charge is 2.21. The zero-order chi connectivity index (χ0) is 45.0. The Bertz CT molecular complexity index is 3840. The van der Waals surface area contributed by atoms with E-state index < -0.39 is 0 Å². The van der Waals surface area contributed by atoms with Gasteiger partial charge < -0.3 is 9.47 Å². The lowest BCUT2D eigenvalue weighted by Crippen LogP contribution is -2.10. The maximum Gasteiger partial charge on any atom is 0.0541 e. The number of hydrogen-bond acceptors (Lipinski definition) is 1. The lowest BCUT2D eigenvalue weighted by Gasteiger charge is -2.27. The van der Waals surface area contributed by atoms with Gasteiger partial charge in [-0.25, -0.2) is 0 Å². The topological polar surface area (TPSA) is 8.17 Å². The molecule has 2 heteroatoms. The minimum Gasteiger partial charge on any atom is -0.310 e. The number of aromatic nitrogens is 1. The molecule has 0 saturated carbocycles. The van der Waals surface area contributed by atoms with Crippen molar-refractivity contribution in [1.29, 1.82) is 0 Å². The Balaban J connectivity index is 1.01. The maximum atomic E-state index is 2.44. The standard InChI is InChI=1S/C66H44N2/c1-2-18-50-43-51(32-31-45(50)15-1)63-44-54(41-42-59(63)60-23-7-10-28-64(60)68-65-29-11-8-24-61(65)62-25-9-12-30-66(62)68)67(52-37-33-48(34-38-52)57-26-13-19-46-16-3-5-21-55(46)57)53-39-35-49(36-40-53)58-27-14-20-47-17-4-6-22-56(47)58/h1-44H. The van der Waals surface area contributed by atoms with E-state index in [4.69, 9.17) is 0 Å². The van der Waals surface area contributed by atoms with Crippen LogP contribution in [-0.2, 0) is 0 Å². The predicted octanol–water partition coefficient (Wildman–Crippen LogP) is 18.4. The maximum absolute atomic E-state index is 2.44. The molecule has 0 spiro atoms. The molecular formula is C66H44N2. The Hall–Kier alpha value is -8.98. The molecule has 13 aromatic rings. The molecular weight excluding hydrogens is 821 g/mol. The molecule has 68 heavy (non-hydrogen) atoms. The molecule has 0 N–H and O–H groups in total. The molecule has 0 amide bonds. The van der Waals surface area contributed by atoms with Crippen LogP contribution in [0.1, 0.15) is 0 Å². The number of benzene rings is 12. The summed E-state index contributed by atoms with van der Waals surface area (Å²) in [6, 6.07) is 97.7. The molecule has 12 aromatic carbocycles. The fourth-order valence-corrected chi connectivity index (χ4v) is 10.6. The normalized spacial score (nSPS) is 11.5. The Labute approximate surface area is 395 Å². The van der Waals surface area contributed by atoms with E-state index in [0.29, 0.717) is 0 Å². The Morgan fingerprint density at radius 2 is 0.676 bits per heavy atom. The smallest absolute Gasteiger partial charge is 0.0541 e. The molecule has 2 nitrogen and oxygen atoms in total. The Kier molecular flexibility index (Phi) is 9.54. The molecule has 1 heterocycles. The number of fused-ring (bicyclic) bond motifs is 6. The van der Waals surface area contributed by atoms with Crippen molar-refractivity contribution in [2.75, 3.05) is 4.90 Å². The van der Waals surface area contributed by atoms with Crippen LogP contribution in [0.2, 0.25) is 0 Å². The average Bonchev–Trinajstić information content (AvgIpc) is 3.75. The lowest BCUT2D eigenvalue weighted by atomic mass is 9.91. The Morgan fingerprint density at radius 1 is 0.235 bits per heavy atom. The van der Waals surface area contributed by atoms with E-state index in [1.807, 2.05) is 0 Å². The van der Waals surface area contributed by atoms with Gasteiger partial charge in [-0.15, -0.1) is 0 Å². The van der Waals surface area contributed by atoms with Crippen molar-refractivity contribution in [3.05, 3.63) is 267 Å². The predicted molar refractivity (Wildman–Crippen MR) is 290 cm³/mol. The van der Waals surface area contributed by atoms with Gasteiger partial charge in [-0.3, -0.25) is 0 Å². The van der Waals surface area contributed by atoms with Crippen LogP contribution in [0.5, 0.6) is 0 Å². The Morgan fingerprint density at radius 3 is 1.28 bits per heavy atom. The molecule has 1 aromatic heterocycles. The van der Waals surface area contributed by atoms with Crippen molar-refractivity contribution in [2.24, 2.45) is 0 Å². The SMILES string of the molecule is c1ccc(-n2c3ccccc3c3ccccc32)c(-c2ccc(N(c3ccc(-c4cccc5ccccc45)cc3)c3ccc(-c4cccc5ccccc45)cc3)cc2-c2ccc3ccccc3c2)c1. The number of rotatable bonds is 8. The summed E-state index contributed by atoms with van der Waals surface area (Å²) in [7, 11) is 0. The zero-order valence-corrected chi connectivity index (χ0v) is 37.3. The van der Waals surface area contributed by atoms with Crippen LogP contribution < -0.4 is 4.90 Å². The van der Waals surface area contributed by atoms with Crippen molar-refractivity contribution >= 4 is 71.2 Å². The summed E-state index contributed by atoms with van der Waals surface area (Å²) >= 11 is 0. The minimum atomic E-state index is 1.07. The summed E-state index contributed by atoms with van der Waals surface area (Å²) in [5.41, 5.74) is 16.2. The summed E-state index contributed by atoms with van der Waals surface area (Å²) in [4.78, 5) is 2.41. The fraction of sp³-hybridized carbons (Fsp3) is 0. The van der Waals surface area contributed by atoms with Gasteiger partial charge >= 0.3 is 0 Å². The average molecular weight is 865 g/mol. The summed E-state index contributed by atoms with van der Waals surface area (Å²) in [5, 5.41) is 9.90. The van der Waals surface area contributed by atoms with Crippen molar-refractivity contribution in [1.82, 2.24) is 4.57 Å². The first-order valence-electron chi connectivity index (χ1n) is 23.4. The molecule has 318 valence electrons. The van der Waals surface area contributed by atoms with Gasteiger partial charge in [-0.1, -0.05) is 206 Å². The third kappa shape index (κ3) is 6.73. The van der Waals surface area contributed by atoms with Gasteiger partial charge in [0.1, 0.15) is 0 Å². The second-order valence-corrected chi connectivity index (χ2v) is 17.7. The van der Waals surface area contributed by atoms with Crippen LogP contribution >= 0.6 is 0 Å². The van der Waals surface area contributed by atoms with Crippen molar-refractivity contribution in [3.8, 4) is 50.2 Å². The van der Waals surface area contributed by atoms with E-state index in [-0.39, 0.29) is 0 Å². The monoisotopic (exact) mass is 864 g/mol. The van der Waals surface area contributed by atoms with E-state index in [1.165, 1.54) is 87.5 Å². The van der Waals surface area contributed by atoms with Crippen LogP contribution in [-0.4, -0.2) is 4.57 Å². The molecule has 13 rings (SSSR count). The second-order valence-electron chi connectivity index (χ2n) is 17.7. The number of hydrogen-bond donors (Lipinski definition) is 0. The first kappa shape index (κ1) is 39.4. The molecule has 0 aliphatic carbocycles. The third-order valence-corrected chi connectivity index (χ3v) is 13.8. The van der Waals surface area contributed by atoms with Gasteiger partial charge in [-0.05, 0) is 132 Å². The van der Waals surface area contributed by atoms with E-state index >= 15 is 0 Å². The first-order valence-corrected chi connectivity index (χ1v) is 23.4. The second kappa shape index (κ2) is 16.5. The van der Waals surface area contributed by atoms with E-state index in [1.54, 1.807) is 0 Å². The largest absolute Gasteiger partial charge is 0.310 e. The molecule has 0 aliphatic rings. The van der Waals surface area contributed by atoms with Crippen molar-refractivity contribution in [3.63, 3.8) is 0 Å². The van der Waals surface area contributed by atoms with Crippen LogP contribution in [0.3, 0.4) is 0 Å². The molecule has 0 aliphatic heterocycles. The number of nitrogens with zero attached hydrogens (tertiary/aromatic N) is 2. The highest BCUT2D eigenvalue weighted by Crippen LogP contribution is 2.45. The van der Waals surface area contributed by atoms with Crippen LogP contribution in [0.4, 0.5) is 17.1 Å². The van der Waals surface area contributed by atoms with Crippen LogP contribution in [0.25, 0.3) is 104 Å². The molecule has 0 bridgehead atoms. The van der Waals surface area contributed by atoms with Crippen LogP contribution in [0.15, 0.2) is 267 Å². The van der Waals surface area contributed by atoms with Gasteiger partial charge in [0.2, 0.25) is 0 Å². The van der Waals surface area contributed by atoms with Crippen LogP contribution in [0, 0.1) is 0 Å². The van der Waals surface area contributed by atoms with E-state index in [2.05, 4.69) is 276 Å². The minimum absolute atomic E-state index is 1.07. The zero-order valence-electron chi connectivity index (χ0n) is 37.3. The quantitative estimate of drug-likeness (QED) is 0.148. The summed E-state index contributed by atoms with van der Waals surface area (Å²) in [6.45, 7) is 0. The molecule has 0 saturated heterocycles. The fourth-order valence-electron chi connectivity index (χ4n) is 10.6. The summed E-state index contributed by atoms with van der Waals surface area (Å²) in [6.07, 6.45) is 0. The van der Waals surface area contributed by atoms with Gasteiger partial charge in [-0.2, -0.15) is 0 Å². The van der Waals surface area contributed by atoms with E-state index in [9.17, 15) is 0 Å². The lowest BCUT2D eigenvalue weighted by molar-refractivity contribution is 1.18. The highest BCUT2D eigenvalue weighted by molar-refractivity contribution is 6.10. The van der Waals surface area contributed by atoms with Gasteiger partial charge in [0.25, 0.3) is 0 Å². The number of anilines is 3. The summed E-state index contributed by atoms with van der Waals surface area (Å²) in [5.74, 6) is 0. The van der Waals surface area contributed by atoms with Crippen molar-refractivity contribution in [2.45, 2.75) is 0 Å². The molecule has 0 atom stereocenters. The van der Waals surface area contributed by atoms with E-state index in [0.717, 1.165) is 33.9 Å². The summed E-state index contributed by atoms with van der Waals surface area (Å²) < 4.78 is 2.44. The molecule has 0 unspecified atom stereocenters. The third-order valence-electron chi connectivity index (χ3n) is 13.8. The van der Waals surface area contributed by atoms with Crippen molar-refractivity contribution < 1.29 is 0 Å². The molecule has 0 radical (unpaired) electrons. The first-order chi connectivity index (χ1) is 33.7. The number of para-hydroxylation sites is 3. The molecule has 0 fully saturated rings. The van der Waals surface area contributed by atoms with Gasteiger partial charge in [0, 0.05) is 33.4 Å². The van der Waals surface area contributed by atoms with Gasteiger partial charge in [0.15, 0.2) is 0 Å². The van der Waals surface area contributed by atoms with Gasteiger partial charge in [0.05, 0.1) is 16.7 Å².